The number of methoxy groups -OCH3 is 2. The number of carbonyl (C=O) groups is 1. The molecule has 0 heterocycles. The van der Waals surface area contributed by atoms with Crippen LogP contribution in [0.1, 0.15) is 10.4 Å². The lowest BCUT2D eigenvalue weighted by Gasteiger charge is -2.11. The van der Waals surface area contributed by atoms with Crippen molar-refractivity contribution >= 4 is 6.29 Å². The largest absolute Gasteiger partial charge is 0.497 e. The summed E-state index contributed by atoms with van der Waals surface area (Å²) in [4.78, 5) is 11.0. The third kappa shape index (κ3) is 2.20. The van der Waals surface area contributed by atoms with E-state index in [2.05, 4.69) is 0 Å². The average molecular weight is 242 g/mol. The van der Waals surface area contributed by atoms with Gasteiger partial charge in [-0.2, -0.15) is 0 Å². The molecule has 0 atom stereocenters. The second-order valence-electron chi connectivity index (χ2n) is 3.77. The molecule has 0 saturated carbocycles. The monoisotopic (exact) mass is 242 g/mol. The molecule has 0 spiro atoms. The van der Waals surface area contributed by atoms with Crippen molar-refractivity contribution in [2.24, 2.45) is 0 Å². The Kier molecular flexibility index (Phi) is 3.63. The number of hydrogen-bond donors (Lipinski definition) is 0. The predicted octanol–water partition coefficient (Wildman–Crippen LogP) is 3.18. The van der Waals surface area contributed by atoms with Crippen molar-refractivity contribution in [1.29, 1.82) is 0 Å². The van der Waals surface area contributed by atoms with Gasteiger partial charge in [0.15, 0.2) is 6.29 Å². The fourth-order valence-corrected chi connectivity index (χ4v) is 1.87. The van der Waals surface area contributed by atoms with Gasteiger partial charge in [0.1, 0.15) is 11.5 Å². The van der Waals surface area contributed by atoms with Crippen molar-refractivity contribution in [2.45, 2.75) is 0 Å². The summed E-state index contributed by atoms with van der Waals surface area (Å²) in [6.45, 7) is 0. The summed E-state index contributed by atoms with van der Waals surface area (Å²) in [6, 6.07) is 13.1. The Morgan fingerprint density at radius 1 is 0.944 bits per heavy atom. The topological polar surface area (TPSA) is 35.5 Å². The van der Waals surface area contributed by atoms with Gasteiger partial charge in [-0.25, -0.2) is 0 Å². The molecule has 0 amide bonds. The van der Waals surface area contributed by atoms with E-state index in [1.54, 1.807) is 20.3 Å². The lowest BCUT2D eigenvalue weighted by Crippen LogP contribution is -1.93. The molecule has 0 fully saturated rings. The highest BCUT2D eigenvalue weighted by Crippen LogP contribution is 2.33. The summed E-state index contributed by atoms with van der Waals surface area (Å²) < 4.78 is 10.4. The normalized spacial score (nSPS) is 9.89. The van der Waals surface area contributed by atoms with E-state index in [1.165, 1.54) is 0 Å². The SMILES string of the molecule is COc1ccc(-c2cccc(C=O)c2OC)cc1. The van der Waals surface area contributed by atoms with Crippen LogP contribution >= 0.6 is 0 Å². The van der Waals surface area contributed by atoms with E-state index < -0.39 is 0 Å². The van der Waals surface area contributed by atoms with Crippen molar-refractivity contribution in [3.63, 3.8) is 0 Å². The molecular weight excluding hydrogens is 228 g/mol. The fraction of sp³-hybridized carbons (Fsp3) is 0.133. The molecule has 2 rings (SSSR count). The van der Waals surface area contributed by atoms with Crippen LogP contribution in [0.25, 0.3) is 11.1 Å². The highest BCUT2D eigenvalue weighted by atomic mass is 16.5. The molecule has 2 aromatic carbocycles. The van der Waals surface area contributed by atoms with Crippen molar-refractivity contribution in [1.82, 2.24) is 0 Å². The number of rotatable bonds is 4. The van der Waals surface area contributed by atoms with E-state index in [0.717, 1.165) is 23.2 Å². The van der Waals surface area contributed by atoms with Gasteiger partial charge in [-0.1, -0.05) is 24.3 Å². The molecule has 92 valence electrons. The van der Waals surface area contributed by atoms with Gasteiger partial charge in [-0.3, -0.25) is 4.79 Å². The molecule has 3 nitrogen and oxygen atoms in total. The first-order valence-corrected chi connectivity index (χ1v) is 5.56. The van der Waals surface area contributed by atoms with Gasteiger partial charge in [0, 0.05) is 5.56 Å². The van der Waals surface area contributed by atoms with Crippen molar-refractivity contribution in [3.05, 3.63) is 48.0 Å². The van der Waals surface area contributed by atoms with E-state index >= 15 is 0 Å². The maximum atomic E-state index is 11.0. The van der Waals surface area contributed by atoms with Crippen molar-refractivity contribution in [3.8, 4) is 22.6 Å². The summed E-state index contributed by atoms with van der Waals surface area (Å²) in [5, 5.41) is 0. The first-order chi connectivity index (χ1) is 8.80. The number of carbonyl (C=O) groups excluding carboxylic acids is 1. The maximum Gasteiger partial charge on any atom is 0.153 e. The van der Waals surface area contributed by atoms with Gasteiger partial charge in [0.2, 0.25) is 0 Å². The van der Waals surface area contributed by atoms with Gasteiger partial charge in [-0.05, 0) is 23.8 Å². The number of para-hydroxylation sites is 1. The van der Waals surface area contributed by atoms with Gasteiger partial charge in [0.25, 0.3) is 0 Å². The minimum absolute atomic E-state index is 0.547. The van der Waals surface area contributed by atoms with Crippen molar-refractivity contribution < 1.29 is 14.3 Å². The Morgan fingerprint density at radius 3 is 2.22 bits per heavy atom. The molecule has 0 N–H and O–H groups in total. The van der Waals surface area contributed by atoms with Crippen LogP contribution in [0.2, 0.25) is 0 Å². The minimum Gasteiger partial charge on any atom is -0.497 e. The molecule has 18 heavy (non-hydrogen) atoms. The fourth-order valence-electron chi connectivity index (χ4n) is 1.87. The summed E-state index contributed by atoms with van der Waals surface area (Å²) in [5.74, 6) is 1.39. The van der Waals surface area contributed by atoms with Crippen LogP contribution in [0.3, 0.4) is 0 Å². The molecule has 0 aromatic heterocycles. The molecule has 0 saturated heterocycles. The van der Waals surface area contributed by atoms with Crippen LogP contribution in [0.15, 0.2) is 42.5 Å². The Bertz CT molecular complexity index is 544. The molecule has 0 radical (unpaired) electrons. The van der Waals surface area contributed by atoms with Crippen LogP contribution in [-0.2, 0) is 0 Å². The molecule has 0 unspecified atom stereocenters. The van der Waals surface area contributed by atoms with Crippen LogP contribution in [0, 0.1) is 0 Å². The summed E-state index contributed by atoms with van der Waals surface area (Å²) >= 11 is 0. The Balaban J connectivity index is 2.52. The lowest BCUT2D eigenvalue weighted by molar-refractivity contribution is 0.112. The average Bonchev–Trinajstić information content (AvgIpc) is 2.46. The number of hydrogen-bond acceptors (Lipinski definition) is 3. The van der Waals surface area contributed by atoms with E-state index in [1.807, 2.05) is 36.4 Å². The molecule has 3 heteroatoms. The summed E-state index contributed by atoms with van der Waals surface area (Å²) in [7, 11) is 3.19. The quantitative estimate of drug-likeness (QED) is 0.772. The zero-order valence-corrected chi connectivity index (χ0v) is 10.3. The number of aldehydes is 1. The van der Waals surface area contributed by atoms with Gasteiger partial charge >= 0.3 is 0 Å². The zero-order chi connectivity index (χ0) is 13.0. The van der Waals surface area contributed by atoms with Crippen LogP contribution in [0.5, 0.6) is 11.5 Å². The molecular formula is C15H14O3. The summed E-state index contributed by atoms with van der Waals surface area (Å²) in [6.07, 6.45) is 0.797. The standard InChI is InChI=1S/C15H14O3/c1-17-13-8-6-11(7-9-13)14-5-3-4-12(10-16)15(14)18-2/h3-10H,1-2H3. The Labute approximate surface area is 106 Å². The highest BCUT2D eigenvalue weighted by molar-refractivity contribution is 5.86. The second kappa shape index (κ2) is 5.36. The van der Waals surface area contributed by atoms with Crippen LogP contribution in [-0.4, -0.2) is 20.5 Å². The lowest BCUT2D eigenvalue weighted by atomic mass is 10.0. The molecule has 2 aromatic rings. The first kappa shape index (κ1) is 12.2. The minimum atomic E-state index is 0.547. The zero-order valence-electron chi connectivity index (χ0n) is 10.3. The second-order valence-corrected chi connectivity index (χ2v) is 3.77. The maximum absolute atomic E-state index is 11.0. The first-order valence-electron chi connectivity index (χ1n) is 5.56. The summed E-state index contributed by atoms with van der Waals surface area (Å²) in [5.41, 5.74) is 2.42. The molecule has 0 aliphatic heterocycles. The van der Waals surface area contributed by atoms with E-state index in [9.17, 15) is 4.79 Å². The van der Waals surface area contributed by atoms with Gasteiger partial charge in [0.05, 0.1) is 19.8 Å². The van der Waals surface area contributed by atoms with E-state index in [-0.39, 0.29) is 0 Å². The number of ether oxygens (including phenoxy) is 2. The molecule has 0 bridgehead atoms. The predicted molar refractivity (Wildman–Crippen MR) is 70.4 cm³/mol. The van der Waals surface area contributed by atoms with Crippen LogP contribution < -0.4 is 9.47 Å². The third-order valence-corrected chi connectivity index (χ3v) is 2.78. The van der Waals surface area contributed by atoms with E-state index in [4.69, 9.17) is 9.47 Å². The molecule has 0 aliphatic rings. The Hall–Kier alpha value is -2.29. The number of benzene rings is 2. The highest BCUT2D eigenvalue weighted by Gasteiger charge is 2.10. The smallest absolute Gasteiger partial charge is 0.153 e. The third-order valence-electron chi connectivity index (χ3n) is 2.78. The Morgan fingerprint density at radius 2 is 1.67 bits per heavy atom. The van der Waals surface area contributed by atoms with E-state index in [0.29, 0.717) is 11.3 Å². The van der Waals surface area contributed by atoms with Crippen molar-refractivity contribution in [2.75, 3.05) is 14.2 Å². The van der Waals surface area contributed by atoms with Gasteiger partial charge < -0.3 is 9.47 Å². The van der Waals surface area contributed by atoms with Gasteiger partial charge in [-0.15, -0.1) is 0 Å². The van der Waals surface area contributed by atoms with Crippen LogP contribution in [0.4, 0.5) is 0 Å². The molecule has 0 aliphatic carbocycles.